The zero-order valence-corrected chi connectivity index (χ0v) is 25.3. The van der Waals surface area contributed by atoms with E-state index in [9.17, 15) is 14.0 Å². The molecule has 1 aliphatic rings. The molecule has 0 fully saturated rings. The van der Waals surface area contributed by atoms with Crippen LogP contribution in [0.4, 0.5) is 10.2 Å². The van der Waals surface area contributed by atoms with Gasteiger partial charge in [-0.2, -0.15) is 5.10 Å². The standard InChI is InChI=1S/C34H28ClFN4O3S/c1-43-28-14-8-5-11-25(28)33-31-32(23-9-3-2-4-10-23)38-40(27-13-7-6-12-26(27)35)34(31)39(30(42)21-44-33)20-29(41)37-19-22-15-17-24(36)18-16-22/h2-18,33H,19-21H2,1H3,(H,37,41)/t33-/m0/s1. The number of amides is 2. The highest BCUT2D eigenvalue weighted by molar-refractivity contribution is 8.00. The van der Waals surface area contributed by atoms with Crippen molar-refractivity contribution in [3.63, 3.8) is 0 Å². The Morgan fingerprint density at radius 1 is 1.00 bits per heavy atom. The second-order valence-electron chi connectivity index (χ2n) is 10.1. The van der Waals surface area contributed by atoms with Crippen LogP contribution in [0, 0.1) is 5.82 Å². The largest absolute Gasteiger partial charge is 0.496 e. The van der Waals surface area contributed by atoms with Crippen LogP contribution in [0.25, 0.3) is 16.9 Å². The SMILES string of the molecule is COc1ccccc1[C@@H]1SCC(=O)N(CC(=O)NCc2ccc(F)cc2)c2c1c(-c1ccccc1)nn2-c1ccccc1Cl. The number of aromatic nitrogens is 2. The molecule has 0 unspecified atom stereocenters. The number of nitrogens with zero attached hydrogens (tertiary/aromatic N) is 3. The summed E-state index contributed by atoms with van der Waals surface area (Å²) in [6.45, 7) is -0.0672. The Morgan fingerprint density at radius 2 is 1.70 bits per heavy atom. The fourth-order valence-corrected chi connectivity index (χ4v) is 6.69. The van der Waals surface area contributed by atoms with Crippen molar-refractivity contribution in [1.82, 2.24) is 15.1 Å². The maximum absolute atomic E-state index is 13.9. The summed E-state index contributed by atoms with van der Waals surface area (Å²) in [5.41, 5.74) is 4.47. The van der Waals surface area contributed by atoms with Crippen LogP contribution in [0.15, 0.2) is 103 Å². The molecule has 6 rings (SSSR count). The van der Waals surface area contributed by atoms with E-state index in [1.165, 1.54) is 28.8 Å². The molecule has 2 amide bonds. The van der Waals surface area contributed by atoms with Crippen molar-refractivity contribution >= 4 is 41.0 Å². The van der Waals surface area contributed by atoms with Crippen LogP contribution in [0.1, 0.15) is 21.9 Å². The van der Waals surface area contributed by atoms with E-state index in [1.807, 2.05) is 72.8 Å². The van der Waals surface area contributed by atoms with Crippen molar-refractivity contribution in [3.8, 4) is 22.7 Å². The van der Waals surface area contributed by atoms with Gasteiger partial charge in [0.2, 0.25) is 11.8 Å². The first-order valence-corrected chi connectivity index (χ1v) is 15.4. The lowest BCUT2D eigenvalue weighted by Crippen LogP contribution is -2.42. The summed E-state index contributed by atoms with van der Waals surface area (Å²) in [6.07, 6.45) is 0. The number of hydrogen-bond acceptors (Lipinski definition) is 5. The molecule has 0 bridgehead atoms. The van der Waals surface area contributed by atoms with Gasteiger partial charge in [-0.05, 0) is 35.9 Å². The van der Waals surface area contributed by atoms with E-state index in [0.717, 1.165) is 22.3 Å². The third kappa shape index (κ3) is 5.93. The van der Waals surface area contributed by atoms with Gasteiger partial charge < -0.3 is 10.1 Å². The molecule has 7 nitrogen and oxygen atoms in total. The zero-order chi connectivity index (χ0) is 30.6. The molecule has 0 radical (unpaired) electrons. The number of carbonyl (C=O) groups is 2. The van der Waals surface area contributed by atoms with Crippen molar-refractivity contribution in [3.05, 3.63) is 131 Å². The predicted molar refractivity (Wildman–Crippen MR) is 172 cm³/mol. The molecule has 1 atom stereocenters. The van der Waals surface area contributed by atoms with Crippen LogP contribution in [-0.4, -0.2) is 41.0 Å². The number of ether oxygens (including phenoxy) is 1. The highest BCUT2D eigenvalue weighted by Crippen LogP contribution is 2.50. The molecular weight excluding hydrogens is 599 g/mol. The van der Waals surface area contributed by atoms with Crippen LogP contribution in [0.2, 0.25) is 5.02 Å². The number of fused-ring (bicyclic) bond motifs is 1. The number of nitrogens with one attached hydrogen (secondary N) is 1. The minimum absolute atomic E-state index is 0.111. The highest BCUT2D eigenvalue weighted by Gasteiger charge is 2.38. The molecule has 1 N–H and O–H groups in total. The van der Waals surface area contributed by atoms with Gasteiger partial charge in [-0.1, -0.05) is 84.4 Å². The number of rotatable bonds is 8. The Hall–Kier alpha value is -4.60. The van der Waals surface area contributed by atoms with E-state index >= 15 is 0 Å². The van der Waals surface area contributed by atoms with E-state index in [-0.39, 0.29) is 41.7 Å². The van der Waals surface area contributed by atoms with Gasteiger partial charge in [0.15, 0.2) is 0 Å². The van der Waals surface area contributed by atoms with Crippen molar-refractivity contribution < 1.29 is 18.7 Å². The van der Waals surface area contributed by atoms with E-state index in [1.54, 1.807) is 30.0 Å². The second kappa shape index (κ2) is 13.0. The molecule has 222 valence electrons. The minimum atomic E-state index is -0.373. The molecule has 10 heteroatoms. The van der Waals surface area contributed by atoms with Crippen LogP contribution in [-0.2, 0) is 16.1 Å². The first kappa shape index (κ1) is 29.5. The van der Waals surface area contributed by atoms with Crippen molar-refractivity contribution in [2.75, 3.05) is 24.3 Å². The Kier molecular flexibility index (Phi) is 8.67. The maximum atomic E-state index is 13.9. The number of hydrogen-bond donors (Lipinski definition) is 1. The lowest BCUT2D eigenvalue weighted by molar-refractivity contribution is -0.123. The molecule has 5 aromatic rings. The monoisotopic (exact) mass is 626 g/mol. The molecule has 2 heterocycles. The first-order valence-electron chi connectivity index (χ1n) is 13.9. The normalized spacial score (nSPS) is 14.6. The fraction of sp³-hybridized carbons (Fsp3) is 0.147. The molecule has 1 aromatic heterocycles. The van der Waals surface area contributed by atoms with Crippen molar-refractivity contribution in [1.29, 1.82) is 0 Å². The topological polar surface area (TPSA) is 76.5 Å². The molecule has 0 saturated carbocycles. The Bertz CT molecular complexity index is 1810. The van der Waals surface area contributed by atoms with Gasteiger partial charge in [-0.15, -0.1) is 11.8 Å². The van der Waals surface area contributed by atoms with Crippen LogP contribution in [0.5, 0.6) is 5.75 Å². The summed E-state index contributed by atoms with van der Waals surface area (Å²) in [6, 6.07) is 30.6. The average molecular weight is 627 g/mol. The smallest absolute Gasteiger partial charge is 0.240 e. The van der Waals surface area contributed by atoms with E-state index in [2.05, 4.69) is 5.32 Å². The van der Waals surface area contributed by atoms with Crippen molar-refractivity contribution in [2.45, 2.75) is 11.8 Å². The van der Waals surface area contributed by atoms with E-state index in [0.29, 0.717) is 28.0 Å². The summed E-state index contributed by atoms with van der Waals surface area (Å²) in [5.74, 6) is 0.269. The molecule has 44 heavy (non-hydrogen) atoms. The van der Waals surface area contributed by atoms with Gasteiger partial charge in [0.1, 0.15) is 23.9 Å². The van der Waals surface area contributed by atoms with Gasteiger partial charge in [-0.3, -0.25) is 14.5 Å². The van der Waals surface area contributed by atoms with Gasteiger partial charge in [0.05, 0.1) is 34.5 Å². The number of halogens is 2. The molecule has 0 aliphatic carbocycles. The summed E-state index contributed by atoms with van der Waals surface area (Å²) < 4.78 is 20.8. The van der Waals surface area contributed by atoms with E-state index in [4.69, 9.17) is 21.4 Å². The third-order valence-electron chi connectivity index (χ3n) is 7.34. The maximum Gasteiger partial charge on any atom is 0.240 e. The molecule has 1 aliphatic heterocycles. The van der Waals surface area contributed by atoms with Crippen molar-refractivity contribution in [2.24, 2.45) is 0 Å². The fourth-order valence-electron chi connectivity index (χ4n) is 5.25. The lowest BCUT2D eigenvalue weighted by Gasteiger charge is -2.24. The predicted octanol–water partition coefficient (Wildman–Crippen LogP) is 6.83. The quantitative estimate of drug-likeness (QED) is 0.204. The van der Waals surface area contributed by atoms with E-state index < -0.39 is 0 Å². The lowest BCUT2D eigenvalue weighted by atomic mass is 9.99. The molecular formula is C34H28ClFN4O3S. The average Bonchev–Trinajstić information content (AvgIpc) is 3.37. The molecule has 4 aromatic carbocycles. The minimum Gasteiger partial charge on any atom is -0.496 e. The number of anilines is 1. The Labute approximate surface area is 263 Å². The van der Waals surface area contributed by atoms with Crippen LogP contribution < -0.4 is 15.0 Å². The molecule has 0 spiro atoms. The number of thioether (sulfide) groups is 1. The molecule has 0 saturated heterocycles. The Morgan fingerprint density at radius 3 is 2.45 bits per heavy atom. The summed E-state index contributed by atoms with van der Waals surface area (Å²) in [5, 5.41) is 8.03. The van der Waals surface area contributed by atoms with Gasteiger partial charge in [-0.25, -0.2) is 9.07 Å². The number of methoxy groups -OCH3 is 1. The summed E-state index contributed by atoms with van der Waals surface area (Å²) in [7, 11) is 1.62. The highest BCUT2D eigenvalue weighted by atomic mass is 35.5. The summed E-state index contributed by atoms with van der Waals surface area (Å²) in [4.78, 5) is 28.8. The second-order valence-corrected chi connectivity index (χ2v) is 11.6. The summed E-state index contributed by atoms with van der Waals surface area (Å²) >= 11 is 8.18. The number of benzene rings is 4. The van der Waals surface area contributed by atoms with Crippen LogP contribution >= 0.6 is 23.4 Å². The first-order chi connectivity index (χ1) is 21.4. The third-order valence-corrected chi connectivity index (χ3v) is 8.90. The van der Waals surface area contributed by atoms with Gasteiger partial charge in [0.25, 0.3) is 0 Å². The number of para-hydroxylation sites is 2. The number of carbonyl (C=O) groups excluding carboxylic acids is 2. The van der Waals surface area contributed by atoms with Gasteiger partial charge in [0, 0.05) is 23.2 Å². The van der Waals surface area contributed by atoms with Crippen LogP contribution in [0.3, 0.4) is 0 Å². The van der Waals surface area contributed by atoms with Gasteiger partial charge >= 0.3 is 0 Å². The zero-order valence-electron chi connectivity index (χ0n) is 23.7. The Balaban J connectivity index is 1.52.